The molecule has 31 heavy (non-hydrogen) atoms. The van der Waals surface area contributed by atoms with Gasteiger partial charge in [0.2, 0.25) is 0 Å². The van der Waals surface area contributed by atoms with Crippen LogP contribution in [-0.2, 0) is 12.5 Å². The molecule has 1 amide bonds. The number of pyridine rings is 1. The predicted molar refractivity (Wildman–Crippen MR) is 116 cm³/mol. The molecule has 3 aromatic rings. The quantitative estimate of drug-likeness (QED) is 0.650. The van der Waals surface area contributed by atoms with Gasteiger partial charge in [0.05, 0.1) is 12.7 Å². The van der Waals surface area contributed by atoms with Crippen molar-refractivity contribution in [3.8, 4) is 5.75 Å². The van der Waals surface area contributed by atoms with E-state index in [2.05, 4.69) is 41.2 Å². The molecule has 0 spiro atoms. The number of amides is 1. The number of aryl methyl sites for hydroxylation is 1. The zero-order valence-electron chi connectivity index (χ0n) is 18.4. The van der Waals surface area contributed by atoms with Gasteiger partial charge in [-0.1, -0.05) is 20.8 Å². The number of nitrogens with one attached hydrogen (secondary N) is 1. The van der Waals surface area contributed by atoms with Crippen molar-refractivity contribution in [1.82, 2.24) is 29.7 Å². The van der Waals surface area contributed by atoms with Crippen LogP contribution in [0.1, 0.15) is 37.0 Å². The van der Waals surface area contributed by atoms with E-state index in [0.717, 1.165) is 30.4 Å². The summed E-state index contributed by atoms with van der Waals surface area (Å²) in [5, 5.41) is 16.1. The van der Waals surface area contributed by atoms with Gasteiger partial charge in [-0.15, -0.1) is 15.3 Å². The number of hydrogen-bond acceptors (Lipinski definition) is 7. The molecule has 1 saturated heterocycles. The lowest BCUT2D eigenvalue weighted by atomic mass is 9.96. The molecule has 1 aliphatic heterocycles. The molecule has 0 bridgehead atoms. The van der Waals surface area contributed by atoms with E-state index in [1.807, 2.05) is 12.1 Å². The average Bonchev–Trinajstić information content (AvgIpc) is 3.12. The number of rotatable bonds is 5. The summed E-state index contributed by atoms with van der Waals surface area (Å²) in [4.78, 5) is 26.5. The number of ether oxygens (including phenoxy) is 1. The summed E-state index contributed by atoms with van der Waals surface area (Å²) in [7, 11) is 3.05. The zero-order valence-corrected chi connectivity index (χ0v) is 18.4. The standard InChI is InChI=1S/C21H27N7O3/c1-21(2,3)20-24-23-16-6-7-17(25-28(16)20)27-10-13(11-27)9-22-19(30)14-12-26(4)18(29)8-15(14)31-5/h6-8,12-13H,9-11H2,1-5H3,(H,22,30). The van der Waals surface area contributed by atoms with E-state index in [-0.39, 0.29) is 22.6 Å². The topological polar surface area (TPSA) is 107 Å². The van der Waals surface area contributed by atoms with E-state index in [1.165, 1.54) is 23.9 Å². The van der Waals surface area contributed by atoms with Gasteiger partial charge >= 0.3 is 0 Å². The third-order valence-corrected chi connectivity index (χ3v) is 5.41. The van der Waals surface area contributed by atoms with Crippen molar-refractivity contribution in [2.75, 3.05) is 31.6 Å². The minimum Gasteiger partial charge on any atom is -0.496 e. The first-order valence-corrected chi connectivity index (χ1v) is 10.2. The Morgan fingerprint density at radius 2 is 2.00 bits per heavy atom. The first kappa shape index (κ1) is 20.8. The fraction of sp³-hybridized carbons (Fsp3) is 0.476. The van der Waals surface area contributed by atoms with Gasteiger partial charge in [-0.2, -0.15) is 4.52 Å². The summed E-state index contributed by atoms with van der Waals surface area (Å²) < 4.78 is 8.35. The van der Waals surface area contributed by atoms with E-state index in [9.17, 15) is 9.59 Å². The average molecular weight is 425 g/mol. The molecule has 0 radical (unpaired) electrons. The molecule has 4 rings (SSSR count). The first-order valence-electron chi connectivity index (χ1n) is 10.2. The largest absolute Gasteiger partial charge is 0.496 e. The molecular weight excluding hydrogens is 398 g/mol. The van der Waals surface area contributed by atoms with E-state index >= 15 is 0 Å². The van der Waals surface area contributed by atoms with Crippen LogP contribution in [0.5, 0.6) is 5.75 Å². The smallest absolute Gasteiger partial charge is 0.256 e. The van der Waals surface area contributed by atoms with Crippen LogP contribution in [0.2, 0.25) is 0 Å². The SMILES string of the molecule is COc1cc(=O)n(C)cc1C(=O)NCC1CN(c2ccc3nnc(C(C)(C)C)n3n2)C1. The third kappa shape index (κ3) is 3.97. The summed E-state index contributed by atoms with van der Waals surface area (Å²) in [5.41, 5.74) is 0.684. The van der Waals surface area contributed by atoms with Crippen LogP contribution < -0.4 is 20.5 Å². The fourth-order valence-corrected chi connectivity index (χ4v) is 3.59. The van der Waals surface area contributed by atoms with Crippen LogP contribution >= 0.6 is 0 Å². The summed E-state index contributed by atoms with van der Waals surface area (Å²) in [6.45, 7) is 8.36. The van der Waals surface area contributed by atoms with Gasteiger partial charge in [-0.05, 0) is 12.1 Å². The van der Waals surface area contributed by atoms with Crippen LogP contribution in [0.15, 0.2) is 29.2 Å². The highest BCUT2D eigenvalue weighted by atomic mass is 16.5. The Morgan fingerprint density at radius 1 is 1.26 bits per heavy atom. The number of carbonyl (C=O) groups excluding carboxylic acids is 1. The van der Waals surface area contributed by atoms with Crippen LogP contribution in [-0.4, -0.2) is 57.0 Å². The highest BCUT2D eigenvalue weighted by molar-refractivity contribution is 5.96. The van der Waals surface area contributed by atoms with E-state index < -0.39 is 0 Å². The van der Waals surface area contributed by atoms with E-state index in [0.29, 0.717) is 18.0 Å². The lowest BCUT2D eigenvalue weighted by molar-refractivity contribution is 0.0940. The van der Waals surface area contributed by atoms with Crippen molar-refractivity contribution in [3.05, 3.63) is 46.1 Å². The minimum absolute atomic E-state index is 0.158. The molecule has 0 atom stereocenters. The van der Waals surface area contributed by atoms with Crippen LogP contribution in [0, 0.1) is 5.92 Å². The number of anilines is 1. The van der Waals surface area contributed by atoms with Crippen molar-refractivity contribution in [3.63, 3.8) is 0 Å². The van der Waals surface area contributed by atoms with Crippen molar-refractivity contribution in [1.29, 1.82) is 0 Å². The highest BCUT2D eigenvalue weighted by Crippen LogP contribution is 2.25. The molecule has 10 heteroatoms. The maximum Gasteiger partial charge on any atom is 0.256 e. The predicted octanol–water partition coefficient (Wildman–Crippen LogP) is 0.995. The second kappa shape index (κ2) is 7.68. The Balaban J connectivity index is 1.39. The van der Waals surface area contributed by atoms with Gasteiger partial charge in [0.1, 0.15) is 11.6 Å². The van der Waals surface area contributed by atoms with Crippen molar-refractivity contribution in [2.45, 2.75) is 26.2 Å². The van der Waals surface area contributed by atoms with E-state index in [4.69, 9.17) is 9.84 Å². The molecule has 1 fully saturated rings. The van der Waals surface area contributed by atoms with Gasteiger partial charge in [0.25, 0.3) is 11.5 Å². The van der Waals surface area contributed by atoms with Gasteiger partial charge in [0.15, 0.2) is 11.5 Å². The Kier molecular flexibility index (Phi) is 5.16. The summed E-state index contributed by atoms with van der Waals surface area (Å²) in [6, 6.07) is 5.19. The monoisotopic (exact) mass is 425 g/mol. The minimum atomic E-state index is -0.259. The number of carbonyl (C=O) groups is 1. The van der Waals surface area contributed by atoms with Gasteiger partial charge in [0, 0.05) is 50.3 Å². The molecule has 0 unspecified atom stereocenters. The Labute approximate surface area is 179 Å². The second-order valence-electron chi connectivity index (χ2n) is 8.92. The Hall–Kier alpha value is -3.43. The van der Waals surface area contributed by atoms with Gasteiger partial charge in [-0.25, -0.2) is 0 Å². The van der Waals surface area contributed by atoms with Crippen molar-refractivity contribution in [2.24, 2.45) is 13.0 Å². The number of nitrogens with zero attached hydrogens (tertiary/aromatic N) is 6. The third-order valence-electron chi connectivity index (χ3n) is 5.41. The van der Waals surface area contributed by atoms with E-state index in [1.54, 1.807) is 11.6 Å². The molecule has 1 aliphatic rings. The Bertz CT molecular complexity index is 1190. The van der Waals surface area contributed by atoms with Crippen LogP contribution in [0.4, 0.5) is 5.82 Å². The lowest BCUT2D eigenvalue weighted by Gasteiger charge is -2.40. The molecule has 10 nitrogen and oxygen atoms in total. The maximum absolute atomic E-state index is 12.6. The van der Waals surface area contributed by atoms with Crippen molar-refractivity contribution < 1.29 is 9.53 Å². The molecule has 0 aliphatic carbocycles. The number of hydrogen-bond donors (Lipinski definition) is 1. The van der Waals surface area contributed by atoms with Crippen molar-refractivity contribution >= 4 is 17.4 Å². The fourth-order valence-electron chi connectivity index (χ4n) is 3.59. The number of methoxy groups -OCH3 is 1. The van der Waals surface area contributed by atoms with Crippen LogP contribution in [0.25, 0.3) is 5.65 Å². The van der Waals surface area contributed by atoms with Gasteiger partial charge < -0.3 is 19.5 Å². The Morgan fingerprint density at radius 3 is 2.68 bits per heavy atom. The first-order chi connectivity index (χ1) is 14.7. The number of aromatic nitrogens is 5. The summed E-state index contributed by atoms with van der Waals surface area (Å²) in [6.07, 6.45) is 1.49. The second-order valence-corrected chi connectivity index (χ2v) is 8.92. The highest BCUT2D eigenvalue weighted by Gasteiger charge is 2.30. The number of fused-ring (bicyclic) bond motifs is 1. The zero-order chi connectivity index (χ0) is 22.3. The molecule has 0 saturated carbocycles. The molecule has 1 N–H and O–H groups in total. The molecular formula is C21H27N7O3. The van der Waals surface area contributed by atoms with Gasteiger partial charge in [-0.3, -0.25) is 9.59 Å². The summed E-state index contributed by atoms with van der Waals surface area (Å²) >= 11 is 0. The normalized spacial score (nSPS) is 14.5. The molecule has 0 aromatic carbocycles. The molecule has 4 heterocycles. The lowest BCUT2D eigenvalue weighted by Crippen LogP contribution is -2.52. The summed E-state index contributed by atoms with van der Waals surface area (Å²) in [5.74, 6) is 2.00. The van der Waals surface area contributed by atoms with Crippen LogP contribution in [0.3, 0.4) is 0 Å². The maximum atomic E-state index is 12.6. The molecule has 3 aromatic heterocycles. The molecule has 164 valence electrons.